The first-order valence-electron chi connectivity index (χ1n) is 7.16. The van der Waals surface area contributed by atoms with Crippen LogP contribution in [0.25, 0.3) is 0 Å². The quantitative estimate of drug-likeness (QED) is 0.664. The van der Waals surface area contributed by atoms with E-state index in [0.29, 0.717) is 0 Å². The lowest BCUT2D eigenvalue weighted by molar-refractivity contribution is -0.130. The van der Waals surface area contributed by atoms with Crippen LogP contribution in [0.3, 0.4) is 0 Å². The number of unbranched alkanes of at least 4 members (excludes halogenated alkanes) is 3. The minimum Gasteiger partial charge on any atom is -0.347 e. The first kappa shape index (κ1) is 17.7. The third-order valence-electron chi connectivity index (χ3n) is 3.03. The lowest BCUT2D eigenvalue weighted by Gasteiger charge is -2.20. The number of carbonyl (C=O) groups is 2. The van der Waals surface area contributed by atoms with Gasteiger partial charge >= 0.3 is 6.03 Å². The molecule has 0 spiro atoms. The number of nitrogens with one attached hydrogen (secondary N) is 2. The minimum atomic E-state index is -0.498. The van der Waals surface area contributed by atoms with Crippen LogP contribution in [0.15, 0.2) is 0 Å². The number of nitrogens with zero attached hydrogens (tertiary/aromatic N) is 1. The van der Waals surface area contributed by atoms with Crippen LogP contribution >= 0.6 is 0 Å². The van der Waals surface area contributed by atoms with Crippen molar-refractivity contribution in [2.75, 3.05) is 14.1 Å². The second kappa shape index (κ2) is 9.64. The van der Waals surface area contributed by atoms with Crippen molar-refractivity contribution in [3.63, 3.8) is 0 Å². The van der Waals surface area contributed by atoms with Crippen LogP contribution in [0.5, 0.6) is 0 Å². The summed E-state index contributed by atoms with van der Waals surface area (Å²) < 4.78 is 0. The summed E-state index contributed by atoms with van der Waals surface area (Å²) in [6, 6.07) is -0.633. The normalized spacial score (nSPS) is 13.5. The van der Waals surface area contributed by atoms with E-state index in [9.17, 15) is 9.59 Å². The highest BCUT2D eigenvalue weighted by atomic mass is 16.2. The van der Waals surface area contributed by atoms with Crippen molar-refractivity contribution >= 4 is 11.9 Å². The molecular weight excluding hydrogens is 242 g/mol. The van der Waals surface area contributed by atoms with Gasteiger partial charge in [0, 0.05) is 20.1 Å². The predicted molar refractivity (Wildman–Crippen MR) is 78.0 cm³/mol. The van der Waals surface area contributed by atoms with Gasteiger partial charge < -0.3 is 15.5 Å². The molecule has 0 fully saturated rings. The Morgan fingerprint density at radius 3 is 2.21 bits per heavy atom. The Hall–Kier alpha value is -1.26. The summed E-state index contributed by atoms with van der Waals surface area (Å²) in [6.07, 6.45) is 5.77. The standard InChI is InChI=1S/C14H29N3O2/c1-6-7-8-9-10-11(2)15-14(19)16-12(3)13(18)17(4)5/h11-12H,6-10H2,1-5H3,(H2,15,16,19)/t11-,12+/m1/s1. The van der Waals surface area contributed by atoms with Crippen molar-refractivity contribution in [2.24, 2.45) is 0 Å². The molecule has 0 heterocycles. The molecule has 0 aliphatic carbocycles. The van der Waals surface area contributed by atoms with E-state index in [0.717, 1.165) is 12.8 Å². The van der Waals surface area contributed by atoms with E-state index in [1.54, 1.807) is 21.0 Å². The number of urea groups is 1. The third kappa shape index (κ3) is 8.46. The molecule has 0 saturated carbocycles. The molecule has 0 unspecified atom stereocenters. The summed E-state index contributed by atoms with van der Waals surface area (Å²) in [5.74, 6) is -0.106. The Morgan fingerprint density at radius 1 is 1.05 bits per heavy atom. The van der Waals surface area contributed by atoms with Gasteiger partial charge in [0.25, 0.3) is 0 Å². The summed E-state index contributed by atoms with van der Waals surface area (Å²) in [5.41, 5.74) is 0. The molecule has 2 N–H and O–H groups in total. The Morgan fingerprint density at radius 2 is 1.68 bits per heavy atom. The molecule has 0 radical (unpaired) electrons. The summed E-state index contributed by atoms with van der Waals surface area (Å²) >= 11 is 0. The Bertz CT molecular complexity index is 280. The SMILES string of the molecule is CCCCCC[C@@H](C)NC(=O)N[C@@H](C)C(=O)N(C)C. The minimum absolute atomic E-state index is 0.106. The molecule has 0 aromatic heterocycles. The van der Waals surface area contributed by atoms with Gasteiger partial charge in [-0.1, -0.05) is 32.6 Å². The van der Waals surface area contributed by atoms with E-state index >= 15 is 0 Å². The van der Waals surface area contributed by atoms with Crippen LogP contribution in [-0.4, -0.2) is 43.0 Å². The van der Waals surface area contributed by atoms with E-state index in [4.69, 9.17) is 0 Å². The third-order valence-corrected chi connectivity index (χ3v) is 3.03. The van der Waals surface area contributed by atoms with E-state index in [2.05, 4.69) is 17.6 Å². The molecule has 2 atom stereocenters. The number of hydrogen-bond donors (Lipinski definition) is 2. The molecule has 112 valence electrons. The zero-order chi connectivity index (χ0) is 14.8. The van der Waals surface area contributed by atoms with Gasteiger partial charge in [0.2, 0.25) is 5.91 Å². The second-order valence-electron chi connectivity index (χ2n) is 5.32. The fourth-order valence-electron chi connectivity index (χ4n) is 1.86. The van der Waals surface area contributed by atoms with Crippen molar-refractivity contribution in [3.05, 3.63) is 0 Å². The molecule has 0 aliphatic heterocycles. The topological polar surface area (TPSA) is 61.4 Å². The maximum atomic E-state index is 11.7. The van der Waals surface area contributed by atoms with E-state index < -0.39 is 6.04 Å². The monoisotopic (exact) mass is 271 g/mol. The second-order valence-corrected chi connectivity index (χ2v) is 5.32. The van der Waals surface area contributed by atoms with Crippen LogP contribution in [-0.2, 0) is 4.79 Å². The predicted octanol–water partition coefficient (Wildman–Crippen LogP) is 2.12. The van der Waals surface area contributed by atoms with Gasteiger partial charge in [-0.05, 0) is 20.3 Å². The molecule has 0 bridgehead atoms. The number of hydrogen-bond acceptors (Lipinski definition) is 2. The van der Waals surface area contributed by atoms with Gasteiger partial charge in [-0.3, -0.25) is 4.79 Å². The molecule has 0 aromatic carbocycles. The average molecular weight is 271 g/mol. The largest absolute Gasteiger partial charge is 0.347 e. The van der Waals surface area contributed by atoms with E-state index in [1.807, 2.05) is 6.92 Å². The molecule has 5 nitrogen and oxygen atoms in total. The van der Waals surface area contributed by atoms with E-state index in [-0.39, 0.29) is 18.0 Å². The van der Waals surface area contributed by atoms with Gasteiger partial charge in [0.1, 0.15) is 6.04 Å². The van der Waals surface area contributed by atoms with Crippen LogP contribution < -0.4 is 10.6 Å². The van der Waals surface area contributed by atoms with Gasteiger partial charge in [0.05, 0.1) is 0 Å². The zero-order valence-corrected chi connectivity index (χ0v) is 13.0. The fourth-order valence-corrected chi connectivity index (χ4v) is 1.86. The lowest BCUT2D eigenvalue weighted by atomic mass is 10.1. The smallest absolute Gasteiger partial charge is 0.315 e. The van der Waals surface area contributed by atoms with Gasteiger partial charge in [-0.15, -0.1) is 0 Å². The summed E-state index contributed by atoms with van der Waals surface area (Å²) in [4.78, 5) is 24.7. The lowest BCUT2D eigenvalue weighted by Crippen LogP contribution is -2.49. The highest BCUT2D eigenvalue weighted by Gasteiger charge is 2.17. The molecular formula is C14H29N3O2. The van der Waals surface area contributed by atoms with Crippen LogP contribution in [0.4, 0.5) is 4.79 Å². The Balaban J connectivity index is 3.87. The van der Waals surface area contributed by atoms with Crippen LogP contribution in [0.1, 0.15) is 52.9 Å². The summed E-state index contributed by atoms with van der Waals surface area (Å²) in [6.45, 7) is 5.86. The molecule has 0 aromatic rings. The van der Waals surface area contributed by atoms with Gasteiger partial charge in [-0.25, -0.2) is 4.79 Å². The average Bonchev–Trinajstić information content (AvgIpc) is 2.33. The zero-order valence-electron chi connectivity index (χ0n) is 13.0. The molecule has 19 heavy (non-hydrogen) atoms. The van der Waals surface area contributed by atoms with E-state index in [1.165, 1.54) is 24.2 Å². The van der Waals surface area contributed by atoms with Crippen LogP contribution in [0.2, 0.25) is 0 Å². The van der Waals surface area contributed by atoms with Crippen molar-refractivity contribution in [1.82, 2.24) is 15.5 Å². The Kier molecular flexibility index (Phi) is 9.00. The van der Waals surface area contributed by atoms with Crippen molar-refractivity contribution in [2.45, 2.75) is 65.0 Å². The maximum Gasteiger partial charge on any atom is 0.315 e. The highest BCUT2D eigenvalue weighted by Crippen LogP contribution is 2.05. The number of amides is 3. The van der Waals surface area contributed by atoms with Crippen LogP contribution in [0, 0.1) is 0 Å². The summed E-state index contributed by atoms with van der Waals surface area (Å²) in [5, 5.41) is 5.51. The first-order chi connectivity index (χ1) is 8.88. The Labute approximate surface area is 117 Å². The number of rotatable bonds is 8. The fraction of sp³-hybridized carbons (Fsp3) is 0.857. The highest BCUT2D eigenvalue weighted by molar-refractivity contribution is 5.86. The van der Waals surface area contributed by atoms with Gasteiger partial charge in [-0.2, -0.15) is 0 Å². The number of likely N-dealkylation sites (N-methyl/N-ethyl adjacent to an activating group) is 1. The molecule has 3 amide bonds. The number of carbonyl (C=O) groups excluding carboxylic acids is 2. The van der Waals surface area contributed by atoms with Crippen molar-refractivity contribution < 1.29 is 9.59 Å². The van der Waals surface area contributed by atoms with Crippen molar-refractivity contribution in [1.29, 1.82) is 0 Å². The maximum absolute atomic E-state index is 11.7. The van der Waals surface area contributed by atoms with Gasteiger partial charge in [0.15, 0.2) is 0 Å². The van der Waals surface area contributed by atoms with Crippen molar-refractivity contribution in [3.8, 4) is 0 Å². The molecule has 0 rings (SSSR count). The summed E-state index contributed by atoms with van der Waals surface area (Å²) in [7, 11) is 3.35. The molecule has 5 heteroatoms. The first-order valence-corrected chi connectivity index (χ1v) is 7.16. The molecule has 0 aliphatic rings. The molecule has 0 saturated heterocycles.